The van der Waals surface area contributed by atoms with Crippen LogP contribution in [0.25, 0.3) is 0 Å². The third kappa shape index (κ3) is 4.04. The van der Waals surface area contributed by atoms with E-state index in [1.54, 1.807) is 12.1 Å². The summed E-state index contributed by atoms with van der Waals surface area (Å²) in [7, 11) is 0. The number of alkyl halides is 2. The standard InChI is InChI=1S/C21H18Cl2N2O5/c22-10-16(27)24-8-3-9-25(17(28)11-23)14-6-7-15(26)19-18(14)20(29)12-4-1-2-5-13(12)21(19)30/h1-2,4-7,26H,3,8-11H2,(H,24,27). The van der Waals surface area contributed by atoms with Crippen molar-refractivity contribution < 1.29 is 24.3 Å². The van der Waals surface area contributed by atoms with E-state index < -0.39 is 17.5 Å². The van der Waals surface area contributed by atoms with Crippen molar-refractivity contribution in [3.63, 3.8) is 0 Å². The van der Waals surface area contributed by atoms with Gasteiger partial charge in [-0.25, -0.2) is 0 Å². The van der Waals surface area contributed by atoms with Crippen molar-refractivity contribution in [2.75, 3.05) is 29.7 Å². The number of aromatic hydroxyl groups is 1. The molecule has 0 fully saturated rings. The molecule has 0 unspecified atom stereocenters. The highest BCUT2D eigenvalue weighted by Crippen LogP contribution is 2.38. The van der Waals surface area contributed by atoms with Crippen LogP contribution in [0.1, 0.15) is 38.3 Å². The number of halogens is 2. The lowest BCUT2D eigenvalue weighted by atomic mass is 9.82. The molecule has 30 heavy (non-hydrogen) atoms. The summed E-state index contributed by atoms with van der Waals surface area (Å²) >= 11 is 11.2. The number of ketones is 2. The van der Waals surface area contributed by atoms with Crippen molar-refractivity contribution in [2.45, 2.75) is 6.42 Å². The first-order valence-electron chi connectivity index (χ1n) is 9.14. The fraction of sp³-hybridized carbons (Fsp3) is 0.238. The van der Waals surface area contributed by atoms with E-state index in [0.29, 0.717) is 6.42 Å². The van der Waals surface area contributed by atoms with E-state index in [1.807, 2.05) is 0 Å². The van der Waals surface area contributed by atoms with Gasteiger partial charge in [-0.2, -0.15) is 0 Å². The number of phenols is 1. The zero-order valence-corrected chi connectivity index (χ0v) is 17.3. The molecule has 1 aliphatic rings. The fourth-order valence-corrected chi connectivity index (χ4v) is 3.62. The Labute approximate surface area is 182 Å². The van der Waals surface area contributed by atoms with Crippen LogP contribution in [0.3, 0.4) is 0 Å². The number of hydrogen-bond donors (Lipinski definition) is 2. The maximum Gasteiger partial charge on any atom is 0.241 e. The van der Waals surface area contributed by atoms with Crippen LogP contribution >= 0.6 is 23.2 Å². The minimum atomic E-state index is -0.493. The number of phenolic OH excluding ortho intramolecular Hbond substituents is 1. The van der Waals surface area contributed by atoms with E-state index in [0.717, 1.165) is 0 Å². The van der Waals surface area contributed by atoms with Gasteiger partial charge in [-0.3, -0.25) is 19.2 Å². The van der Waals surface area contributed by atoms with Crippen LogP contribution in [-0.4, -0.2) is 53.3 Å². The molecule has 2 N–H and O–H groups in total. The Balaban J connectivity index is 2.02. The Morgan fingerprint density at radius 2 is 1.57 bits per heavy atom. The number of hydrogen-bond acceptors (Lipinski definition) is 5. The summed E-state index contributed by atoms with van der Waals surface area (Å²) in [5.74, 6) is -2.64. The van der Waals surface area contributed by atoms with Crippen molar-refractivity contribution in [1.82, 2.24) is 5.32 Å². The van der Waals surface area contributed by atoms with Crippen molar-refractivity contribution in [2.24, 2.45) is 0 Å². The summed E-state index contributed by atoms with van der Waals surface area (Å²) in [5, 5.41) is 12.9. The molecule has 0 atom stereocenters. The van der Waals surface area contributed by atoms with Gasteiger partial charge in [0, 0.05) is 24.2 Å². The number of carbonyl (C=O) groups excluding carboxylic acids is 4. The van der Waals surface area contributed by atoms with Gasteiger partial charge in [0.2, 0.25) is 11.8 Å². The molecule has 0 bridgehead atoms. The van der Waals surface area contributed by atoms with E-state index in [4.69, 9.17) is 23.2 Å². The number of benzene rings is 2. The van der Waals surface area contributed by atoms with Gasteiger partial charge in [0.25, 0.3) is 0 Å². The van der Waals surface area contributed by atoms with E-state index in [-0.39, 0.29) is 64.4 Å². The summed E-state index contributed by atoms with van der Waals surface area (Å²) in [4.78, 5) is 51.3. The number of carbonyl (C=O) groups is 4. The molecule has 0 aromatic heterocycles. The first-order valence-corrected chi connectivity index (χ1v) is 10.2. The summed E-state index contributed by atoms with van der Waals surface area (Å²) in [5.41, 5.74) is 0.405. The van der Waals surface area contributed by atoms with Crippen LogP contribution < -0.4 is 10.2 Å². The summed E-state index contributed by atoms with van der Waals surface area (Å²) in [6.45, 7) is 0.391. The summed E-state index contributed by atoms with van der Waals surface area (Å²) in [6, 6.07) is 9.01. The molecule has 1 aliphatic carbocycles. The minimum absolute atomic E-state index is 0.0399. The van der Waals surface area contributed by atoms with Gasteiger partial charge in [0.15, 0.2) is 11.6 Å². The maximum absolute atomic E-state index is 13.2. The quantitative estimate of drug-likeness (QED) is 0.426. The maximum atomic E-state index is 13.2. The molecule has 156 valence electrons. The topological polar surface area (TPSA) is 104 Å². The Hall–Kier alpha value is -2.90. The second-order valence-corrected chi connectivity index (χ2v) is 7.11. The predicted octanol–water partition coefficient (Wildman–Crippen LogP) is 2.48. The molecule has 9 heteroatoms. The van der Waals surface area contributed by atoms with Crippen molar-refractivity contribution >= 4 is 52.3 Å². The molecule has 0 saturated heterocycles. The third-order valence-electron chi connectivity index (χ3n) is 4.74. The number of rotatable bonds is 7. The zero-order chi connectivity index (χ0) is 21.8. The van der Waals surface area contributed by atoms with Crippen molar-refractivity contribution in [1.29, 1.82) is 0 Å². The van der Waals surface area contributed by atoms with Crippen molar-refractivity contribution in [3.05, 3.63) is 58.7 Å². The lowest BCUT2D eigenvalue weighted by Gasteiger charge is -2.28. The van der Waals surface area contributed by atoms with E-state index in [1.165, 1.54) is 29.2 Å². The Morgan fingerprint density at radius 1 is 0.933 bits per heavy atom. The normalized spacial score (nSPS) is 12.2. The molecule has 0 radical (unpaired) electrons. The molecular formula is C21H18Cl2N2O5. The van der Waals surface area contributed by atoms with Crippen LogP contribution in [0.15, 0.2) is 36.4 Å². The zero-order valence-electron chi connectivity index (χ0n) is 15.8. The number of amides is 2. The largest absolute Gasteiger partial charge is 0.507 e. The van der Waals surface area contributed by atoms with Gasteiger partial charge in [-0.15, -0.1) is 23.2 Å². The van der Waals surface area contributed by atoms with Gasteiger partial charge in [0.1, 0.15) is 17.5 Å². The van der Waals surface area contributed by atoms with Gasteiger partial charge >= 0.3 is 0 Å². The third-order valence-corrected chi connectivity index (χ3v) is 5.21. The monoisotopic (exact) mass is 448 g/mol. The van der Waals surface area contributed by atoms with E-state index in [9.17, 15) is 24.3 Å². The lowest BCUT2D eigenvalue weighted by molar-refractivity contribution is -0.118. The molecule has 3 rings (SSSR count). The highest BCUT2D eigenvalue weighted by Gasteiger charge is 2.35. The van der Waals surface area contributed by atoms with Crippen LogP contribution in [0, 0.1) is 0 Å². The summed E-state index contributed by atoms with van der Waals surface area (Å²) in [6.07, 6.45) is 0.361. The molecule has 2 aromatic rings. The predicted molar refractivity (Wildman–Crippen MR) is 113 cm³/mol. The molecule has 2 aromatic carbocycles. The number of nitrogens with zero attached hydrogens (tertiary/aromatic N) is 1. The smallest absolute Gasteiger partial charge is 0.241 e. The highest BCUT2D eigenvalue weighted by molar-refractivity contribution is 6.33. The molecule has 0 heterocycles. The van der Waals surface area contributed by atoms with Gasteiger partial charge in [-0.1, -0.05) is 24.3 Å². The first-order chi connectivity index (χ1) is 14.4. The van der Waals surface area contributed by atoms with Crippen LogP contribution in [0.2, 0.25) is 0 Å². The average molecular weight is 449 g/mol. The molecule has 0 spiro atoms. The van der Waals surface area contributed by atoms with Crippen LogP contribution in [0.4, 0.5) is 5.69 Å². The molecule has 7 nitrogen and oxygen atoms in total. The Morgan fingerprint density at radius 3 is 2.17 bits per heavy atom. The fourth-order valence-electron chi connectivity index (χ4n) is 3.38. The van der Waals surface area contributed by atoms with Gasteiger partial charge in [-0.05, 0) is 18.6 Å². The molecule has 0 saturated carbocycles. The van der Waals surface area contributed by atoms with Crippen LogP contribution in [0.5, 0.6) is 5.75 Å². The molecular weight excluding hydrogens is 431 g/mol. The lowest BCUT2D eigenvalue weighted by Crippen LogP contribution is -2.37. The second kappa shape index (κ2) is 9.28. The van der Waals surface area contributed by atoms with E-state index in [2.05, 4.69) is 5.32 Å². The Bertz CT molecular complexity index is 1040. The van der Waals surface area contributed by atoms with Crippen molar-refractivity contribution in [3.8, 4) is 5.75 Å². The Kier molecular flexibility index (Phi) is 6.74. The number of anilines is 1. The molecule has 0 aliphatic heterocycles. The number of nitrogens with one attached hydrogen (secondary N) is 1. The first kappa shape index (κ1) is 21.8. The average Bonchev–Trinajstić information content (AvgIpc) is 2.77. The van der Waals surface area contributed by atoms with Gasteiger partial charge in [0.05, 0.1) is 16.8 Å². The van der Waals surface area contributed by atoms with Crippen LogP contribution in [-0.2, 0) is 9.59 Å². The highest BCUT2D eigenvalue weighted by atomic mass is 35.5. The minimum Gasteiger partial charge on any atom is -0.507 e. The summed E-state index contributed by atoms with van der Waals surface area (Å²) < 4.78 is 0. The number of fused-ring (bicyclic) bond motifs is 2. The second-order valence-electron chi connectivity index (χ2n) is 6.57. The van der Waals surface area contributed by atoms with E-state index >= 15 is 0 Å². The SMILES string of the molecule is O=C(CCl)NCCCN(C(=O)CCl)c1ccc(O)c2c1C(=O)c1ccccc1C2=O. The van der Waals surface area contributed by atoms with Gasteiger partial charge < -0.3 is 15.3 Å². The molecule has 2 amide bonds.